The van der Waals surface area contributed by atoms with Crippen LogP contribution in [0.25, 0.3) is 0 Å². The van der Waals surface area contributed by atoms with Gasteiger partial charge in [0.05, 0.1) is 12.1 Å². The van der Waals surface area contributed by atoms with Crippen LogP contribution in [0.2, 0.25) is 0 Å². The van der Waals surface area contributed by atoms with Crippen LogP contribution in [0.1, 0.15) is 34.1 Å². The molecule has 10 nitrogen and oxygen atoms in total. The van der Waals surface area contributed by atoms with Crippen molar-refractivity contribution in [1.29, 1.82) is 0 Å². The summed E-state index contributed by atoms with van der Waals surface area (Å²) in [6.45, 7) is 6.32. The molecular weight excluding hydrogens is 422 g/mol. The number of hydrogen-bond acceptors (Lipinski definition) is 10. The summed E-state index contributed by atoms with van der Waals surface area (Å²) in [7, 11) is 0. The smallest absolute Gasteiger partial charge is 0.550 e. The normalized spacial score (nSPS) is 29.3. The number of carbonyl (C=O) groups excluding carboxylic acids is 4. The molecule has 1 aliphatic heterocycles. The number of carboxylic acid groups (broad SMARTS) is 2. The molecule has 2 N–H and O–H groups in total. The van der Waals surface area contributed by atoms with E-state index < -0.39 is 72.2 Å². The Morgan fingerprint density at radius 2 is 1.63 bits per heavy atom. The van der Waals surface area contributed by atoms with Gasteiger partial charge in [-0.05, 0) is 11.8 Å². The third kappa shape index (κ3) is 8.23. The molecular formula is C18H26Na2O10. The van der Waals surface area contributed by atoms with Crippen LogP contribution in [0, 0.1) is 17.3 Å². The number of aliphatic carboxylic acids is 2. The van der Waals surface area contributed by atoms with Crippen molar-refractivity contribution in [1.82, 2.24) is 0 Å². The zero-order chi connectivity index (χ0) is 21.8. The Labute approximate surface area is 219 Å². The molecule has 1 rings (SSSR count). The van der Waals surface area contributed by atoms with Crippen molar-refractivity contribution in [2.45, 2.75) is 70.7 Å². The van der Waals surface area contributed by atoms with Crippen molar-refractivity contribution in [3.8, 4) is 0 Å². The van der Waals surface area contributed by atoms with Crippen LogP contribution in [-0.2, 0) is 28.7 Å². The number of aliphatic hydroxyl groups excluding tert-OH is 2. The molecule has 0 saturated carbocycles. The summed E-state index contributed by atoms with van der Waals surface area (Å²) in [6, 6.07) is 0. The maximum atomic E-state index is 11.5. The van der Waals surface area contributed by atoms with Gasteiger partial charge in [-0.1, -0.05) is 27.7 Å². The van der Waals surface area contributed by atoms with Gasteiger partial charge in [0, 0.05) is 17.8 Å². The fourth-order valence-corrected chi connectivity index (χ4v) is 3.14. The number of ether oxygens (including phenoxy) is 2. The zero-order valence-corrected chi connectivity index (χ0v) is 22.1. The predicted molar refractivity (Wildman–Crippen MR) is 88.2 cm³/mol. The third-order valence-electron chi connectivity index (χ3n) is 4.80. The van der Waals surface area contributed by atoms with E-state index in [-0.39, 0.29) is 65.4 Å². The van der Waals surface area contributed by atoms with Crippen LogP contribution in [-0.4, -0.2) is 71.3 Å². The summed E-state index contributed by atoms with van der Waals surface area (Å²) in [5.41, 5.74) is -0.734. The molecule has 0 spiro atoms. The molecule has 0 bridgehead atoms. The van der Waals surface area contributed by atoms with E-state index in [0.717, 1.165) is 0 Å². The van der Waals surface area contributed by atoms with Crippen LogP contribution in [0.3, 0.4) is 0 Å². The summed E-state index contributed by atoms with van der Waals surface area (Å²) in [5.74, 6) is -5.67. The maximum absolute atomic E-state index is 11.5. The van der Waals surface area contributed by atoms with Gasteiger partial charge < -0.3 is 49.1 Å². The Balaban J connectivity index is 0. The van der Waals surface area contributed by atoms with Crippen molar-refractivity contribution in [3.63, 3.8) is 0 Å². The van der Waals surface area contributed by atoms with Crippen molar-refractivity contribution in [3.05, 3.63) is 0 Å². The van der Waals surface area contributed by atoms with E-state index in [1.807, 2.05) is 0 Å². The molecule has 0 aromatic rings. The number of aldehydes is 2. The molecule has 160 valence electrons. The second-order valence-electron chi connectivity index (χ2n) is 8.08. The monoisotopic (exact) mass is 448 g/mol. The Hall–Kier alpha value is 0.120. The van der Waals surface area contributed by atoms with Gasteiger partial charge in [0.2, 0.25) is 0 Å². The summed E-state index contributed by atoms with van der Waals surface area (Å²) in [4.78, 5) is 45.0. The number of carbonyl (C=O) groups is 4. The molecule has 0 radical (unpaired) electrons. The fourth-order valence-electron chi connectivity index (χ4n) is 3.14. The van der Waals surface area contributed by atoms with Gasteiger partial charge in [-0.2, -0.15) is 0 Å². The molecule has 12 heteroatoms. The minimum Gasteiger partial charge on any atom is -0.550 e. The topological polar surface area (TPSA) is 173 Å². The SMILES string of the molecule is CC(C=O)C(CC(C=O)O[C@@H]1C(C(=O)[O-])O[C@H](C(C)(C)C)[C@H](O)C1O)C(=O)[O-].[Na+].[Na+]. The molecule has 0 aliphatic carbocycles. The van der Waals surface area contributed by atoms with E-state index in [1.54, 1.807) is 20.8 Å². The standard InChI is InChI=1S/C18H28O10.2Na/c1-8(6-19)10(16(23)24)5-9(7-20)27-13-11(21)12(22)15(18(2,3)4)28-14(13)17(25)26;;/h6-15,21-22H,5H2,1-4H3,(H,23,24)(H,25,26);;/q;2*+1/p-2/t8?,9?,10?,11?,12-,13+,14?,15+;;/m1../s1. The van der Waals surface area contributed by atoms with Crippen LogP contribution < -0.4 is 69.3 Å². The van der Waals surface area contributed by atoms with Crippen LogP contribution >= 0.6 is 0 Å². The summed E-state index contributed by atoms with van der Waals surface area (Å²) in [6.07, 6.45) is -9.23. The third-order valence-corrected chi connectivity index (χ3v) is 4.80. The summed E-state index contributed by atoms with van der Waals surface area (Å²) >= 11 is 0. The molecule has 1 heterocycles. The minimum atomic E-state index is -1.81. The van der Waals surface area contributed by atoms with Crippen molar-refractivity contribution in [2.75, 3.05) is 0 Å². The number of rotatable bonds is 9. The average Bonchev–Trinajstić information content (AvgIpc) is 2.59. The van der Waals surface area contributed by atoms with Gasteiger partial charge in [-0.25, -0.2) is 0 Å². The molecule has 1 fully saturated rings. The van der Waals surface area contributed by atoms with Crippen molar-refractivity contribution < 1.29 is 108 Å². The maximum Gasteiger partial charge on any atom is 1.00 e. The van der Waals surface area contributed by atoms with Gasteiger partial charge in [-0.15, -0.1) is 0 Å². The predicted octanol–water partition coefficient (Wildman–Crippen LogP) is -9.18. The molecule has 1 aliphatic rings. The van der Waals surface area contributed by atoms with Crippen molar-refractivity contribution >= 4 is 24.5 Å². The second kappa shape index (κ2) is 13.6. The Bertz CT molecular complexity index is 594. The van der Waals surface area contributed by atoms with E-state index in [9.17, 15) is 39.6 Å². The van der Waals surface area contributed by atoms with Gasteiger partial charge in [0.15, 0.2) is 0 Å². The van der Waals surface area contributed by atoms with Gasteiger partial charge in [0.25, 0.3) is 0 Å². The van der Waals surface area contributed by atoms with Crippen LogP contribution in [0.15, 0.2) is 0 Å². The van der Waals surface area contributed by atoms with E-state index in [0.29, 0.717) is 6.29 Å². The summed E-state index contributed by atoms with van der Waals surface area (Å²) in [5, 5.41) is 43.4. The molecule has 0 aromatic carbocycles. The van der Waals surface area contributed by atoms with E-state index >= 15 is 0 Å². The quantitative estimate of drug-likeness (QED) is 0.255. The zero-order valence-electron chi connectivity index (χ0n) is 18.1. The Kier molecular flexibility index (Phi) is 14.7. The van der Waals surface area contributed by atoms with E-state index in [1.165, 1.54) is 6.92 Å². The fraction of sp³-hybridized carbons (Fsp3) is 0.778. The first-order valence-electron chi connectivity index (χ1n) is 8.84. The second-order valence-corrected chi connectivity index (χ2v) is 8.08. The van der Waals surface area contributed by atoms with Gasteiger partial charge in [0.1, 0.15) is 43.1 Å². The molecule has 0 amide bonds. The number of carboxylic acids is 2. The minimum absolute atomic E-state index is 0. The van der Waals surface area contributed by atoms with Gasteiger partial charge in [-0.3, -0.25) is 0 Å². The van der Waals surface area contributed by atoms with Gasteiger partial charge >= 0.3 is 59.1 Å². The molecule has 5 unspecified atom stereocenters. The van der Waals surface area contributed by atoms with Crippen LogP contribution in [0.4, 0.5) is 0 Å². The molecule has 1 saturated heterocycles. The molecule has 0 aromatic heterocycles. The van der Waals surface area contributed by atoms with Crippen LogP contribution in [0.5, 0.6) is 0 Å². The number of aliphatic hydroxyl groups is 2. The Morgan fingerprint density at radius 3 is 2.00 bits per heavy atom. The molecule has 8 atom stereocenters. The first-order valence-corrected chi connectivity index (χ1v) is 8.84. The average molecular weight is 448 g/mol. The van der Waals surface area contributed by atoms with E-state index in [2.05, 4.69) is 0 Å². The molecule has 30 heavy (non-hydrogen) atoms. The Morgan fingerprint density at radius 1 is 1.10 bits per heavy atom. The largest absolute Gasteiger partial charge is 1.00 e. The van der Waals surface area contributed by atoms with E-state index in [4.69, 9.17) is 9.47 Å². The first-order chi connectivity index (χ1) is 12.8. The number of hydrogen-bond donors (Lipinski definition) is 2. The first kappa shape index (κ1) is 32.3. The van der Waals surface area contributed by atoms with Crippen molar-refractivity contribution in [2.24, 2.45) is 17.3 Å². The summed E-state index contributed by atoms with van der Waals surface area (Å²) < 4.78 is 10.7.